The highest BCUT2D eigenvalue weighted by Gasteiger charge is 2.27. The van der Waals surface area contributed by atoms with E-state index in [9.17, 15) is 9.18 Å². The molecule has 2 aromatic carbocycles. The molecule has 0 bridgehead atoms. The van der Waals surface area contributed by atoms with Gasteiger partial charge in [-0.05, 0) is 42.8 Å². The van der Waals surface area contributed by atoms with Gasteiger partial charge in [-0.1, -0.05) is 36.0 Å². The van der Waals surface area contributed by atoms with E-state index >= 15 is 0 Å². The molecule has 1 aliphatic rings. The lowest BCUT2D eigenvalue weighted by Gasteiger charge is -2.12. The highest BCUT2D eigenvalue weighted by atomic mass is 32.2. The molecule has 1 unspecified atom stereocenters. The normalized spacial score (nSPS) is 18.5. The molecule has 1 atom stereocenters. The van der Waals surface area contributed by atoms with Crippen LogP contribution in [-0.2, 0) is 4.79 Å². The monoisotopic (exact) mass is 344 g/mol. The van der Waals surface area contributed by atoms with Crippen LogP contribution in [0.25, 0.3) is 6.08 Å². The van der Waals surface area contributed by atoms with Crippen LogP contribution < -0.4 is 15.4 Å². The maximum atomic E-state index is 13.7. The Bertz CT molecular complexity index is 762. The highest BCUT2D eigenvalue weighted by Crippen LogP contribution is 2.31. The topological polar surface area (TPSA) is 50.4 Å². The molecule has 1 aliphatic heterocycles. The van der Waals surface area contributed by atoms with E-state index in [1.54, 1.807) is 24.3 Å². The zero-order valence-electron chi connectivity index (χ0n) is 13.1. The Kier molecular flexibility index (Phi) is 5.05. The van der Waals surface area contributed by atoms with Crippen LogP contribution in [0, 0.1) is 5.82 Å². The largest absolute Gasteiger partial charge is 0.494 e. The predicted octanol–water partition coefficient (Wildman–Crippen LogP) is 3.82. The van der Waals surface area contributed by atoms with Gasteiger partial charge in [-0.25, -0.2) is 4.39 Å². The molecule has 3 rings (SSSR count). The van der Waals surface area contributed by atoms with Crippen molar-refractivity contribution < 1.29 is 13.9 Å². The van der Waals surface area contributed by atoms with E-state index < -0.39 is 5.50 Å². The Hall–Kier alpha value is -2.47. The summed E-state index contributed by atoms with van der Waals surface area (Å²) in [6.45, 7) is 2.54. The van der Waals surface area contributed by atoms with Crippen LogP contribution in [0.2, 0.25) is 0 Å². The third kappa shape index (κ3) is 3.89. The van der Waals surface area contributed by atoms with Gasteiger partial charge in [0.25, 0.3) is 5.91 Å². The predicted molar refractivity (Wildman–Crippen MR) is 95.1 cm³/mol. The highest BCUT2D eigenvalue weighted by molar-refractivity contribution is 8.05. The minimum Gasteiger partial charge on any atom is -0.494 e. The number of anilines is 1. The van der Waals surface area contributed by atoms with Gasteiger partial charge in [0, 0.05) is 0 Å². The number of thioether (sulfide) groups is 1. The van der Waals surface area contributed by atoms with Gasteiger partial charge in [-0.3, -0.25) is 4.79 Å². The Morgan fingerprint density at radius 2 is 2.00 bits per heavy atom. The molecule has 1 fully saturated rings. The number of hydrogen-bond acceptors (Lipinski definition) is 4. The number of amides is 1. The summed E-state index contributed by atoms with van der Waals surface area (Å²) in [7, 11) is 0. The van der Waals surface area contributed by atoms with Crippen molar-refractivity contribution >= 4 is 29.4 Å². The summed E-state index contributed by atoms with van der Waals surface area (Å²) in [6.07, 6.45) is 1.80. The van der Waals surface area contributed by atoms with Gasteiger partial charge in [0.2, 0.25) is 0 Å². The van der Waals surface area contributed by atoms with Gasteiger partial charge in [0.15, 0.2) is 5.50 Å². The molecule has 2 N–H and O–H groups in total. The molecular formula is C18H17FN2O2S. The standard InChI is InChI=1S/C18H17FN2O2S/c1-2-23-13-9-7-12(8-10-13)11-16-17(22)21-18(24-16)20-15-6-4-3-5-14(15)19/h3-11,18,20H,2H2,1H3,(H,21,22)/b16-11-. The number of ether oxygens (including phenoxy) is 1. The smallest absolute Gasteiger partial charge is 0.260 e. The SMILES string of the molecule is CCOc1ccc(/C=C2\SC(Nc3ccccc3F)NC2=O)cc1. The number of carbonyl (C=O) groups is 1. The second kappa shape index (κ2) is 7.40. The molecule has 24 heavy (non-hydrogen) atoms. The molecule has 0 saturated carbocycles. The van der Waals surface area contributed by atoms with Crippen LogP contribution in [-0.4, -0.2) is 18.0 Å². The summed E-state index contributed by atoms with van der Waals surface area (Å²) < 4.78 is 19.1. The Balaban J connectivity index is 1.69. The van der Waals surface area contributed by atoms with Crippen LogP contribution in [0.3, 0.4) is 0 Å². The van der Waals surface area contributed by atoms with Crippen molar-refractivity contribution in [3.05, 3.63) is 64.8 Å². The van der Waals surface area contributed by atoms with E-state index in [1.165, 1.54) is 17.8 Å². The maximum Gasteiger partial charge on any atom is 0.260 e. The number of hydrogen-bond donors (Lipinski definition) is 2. The average Bonchev–Trinajstić information content (AvgIpc) is 2.91. The van der Waals surface area contributed by atoms with E-state index in [-0.39, 0.29) is 11.7 Å². The molecule has 0 radical (unpaired) electrons. The lowest BCUT2D eigenvalue weighted by atomic mass is 10.2. The minimum atomic E-state index is -0.400. The van der Waals surface area contributed by atoms with E-state index in [1.807, 2.05) is 31.2 Å². The lowest BCUT2D eigenvalue weighted by molar-refractivity contribution is -0.116. The summed E-state index contributed by atoms with van der Waals surface area (Å²) >= 11 is 1.32. The molecule has 6 heteroatoms. The van der Waals surface area contributed by atoms with Crippen molar-refractivity contribution in [3.63, 3.8) is 0 Å². The molecular weight excluding hydrogens is 327 g/mol. The molecule has 1 amide bonds. The third-order valence-electron chi connectivity index (χ3n) is 3.38. The number of benzene rings is 2. The molecule has 2 aromatic rings. The Morgan fingerprint density at radius 3 is 2.71 bits per heavy atom. The Morgan fingerprint density at radius 1 is 1.25 bits per heavy atom. The van der Waals surface area contributed by atoms with Crippen LogP contribution in [0.15, 0.2) is 53.4 Å². The first-order chi connectivity index (χ1) is 11.7. The van der Waals surface area contributed by atoms with Gasteiger partial charge < -0.3 is 15.4 Å². The van der Waals surface area contributed by atoms with Crippen LogP contribution in [0.4, 0.5) is 10.1 Å². The zero-order chi connectivity index (χ0) is 16.9. The van der Waals surface area contributed by atoms with E-state index in [4.69, 9.17) is 4.74 Å². The quantitative estimate of drug-likeness (QED) is 0.810. The third-order valence-corrected chi connectivity index (χ3v) is 4.41. The number of para-hydroxylation sites is 1. The summed E-state index contributed by atoms with van der Waals surface area (Å²) in [6, 6.07) is 13.9. The maximum absolute atomic E-state index is 13.7. The van der Waals surface area contributed by atoms with Crippen molar-refractivity contribution in [2.75, 3.05) is 11.9 Å². The fourth-order valence-corrected chi connectivity index (χ4v) is 3.24. The molecule has 124 valence electrons. The van der Waals surface area contributed by atoms with Gasteiger partial charge >= 0.3 is 0 Å². The van der Waals surface area contributed by atoms with E-state index in [2.05, 4.69) is 10.6 Å². The van der Waals surface area contributed by atoms with Crippen molar-refractivity contribution in [1.29, 1.82) is 0 Å². The first kappa shape index (κ1) is 16.4. The first-order valence-electron chi connectivity index (χ1n) is 7.59. The van der Waals surface area contributed by atoms with Crippen molar-refractivity contribution in [3.8, 4) is 5.75 Å². The zero-order valence-corrected chi connectivity index (χ0v) is 13.9. The van der Waals surface area contributed by atoms with Gasteiger partial charge in [0.05, 0.1) is 17.2 Å². The summed E-state index contributed by atoms with van der Waals surface area (Å²) in [5.41, 5.74) is 0.864. The molecule has 0 aliphatic carbocycles. The van der Waals surface area contributed by atoms with Crippen molar-refractivity contribution in [2.24, 2.45) is 0 Å². The summed E-state index contributed by atoms with van der Waals surface area (Å²) in [4.78, 5) is 12.7. The minimum absolute atomic E-state index is 0.178. The van der Waals surface area contributed by atoms with E-state index in [0.717, 1.165) is 11.3 Å². The molecule has 1 saturated heterocycles. The fourth-order valence-electron chi connectivity index (χ4n) is 2.26. The number of nitrogens with one attached hydrogen (secondary N) is 2. The first-order valence-corrected chi connectivity index (χ1v) is 8.47. The average molecular weight is 344 g/mol. The summed E-state index contributed by atoms with van der Waals surface area (Å²) in [5.74, 6) is 0.265. The van der Waals surface area contributed by atoms with Crippen LogP contribution >= 0.6 is 11.8 Å². The molecule has 0 spiro atoms. The second-order valence-electron chi connectivity index (χ2n) is 5.11. The fraction of sp³-hybridized carbons (Fsp3) is 0.167. The Labute approximate surface area is 144 Å². The van der Waals surface area contributed by atoms with Gasteiger partial charge in [-0.15, -0.1) is 0 Å². The summed E-state index contributed by atoms with van der Waals surface area (Å²) in [5, 5.41) is 5.76. The van der Waals surface area contributed by atoms with Crippen molar-refractivity contribution in [1.82, 2.24) is 5.32 Å². The molecule has 1 heterocycles. The second-order valence-corrected chi connectivity index (χ2v) is 6.25. The van der Waals surface area contributed by atoms with Gasteiger partial charge in [-0.2, -0.15) is 0 Å². The van der Waals surface area contributed by atoms with Gasteiger partial charge in [0.1, 0.15) is 11.6 Å². The molecule has 0 aromatic heterocycles. The van der Waals surface area contributed by atoms with Crippen LogP contribution in [0.5, 0.6) is 5.75 Å². The van der Waals surface area contributed by atoms with E-state index in [0.29, 0.717) is 17.2 Å². The lowest BCUT2D eigenvalue weighted by Crippen LogP contribution is -2.31. The number of halogens is 1. The number of carbonyl (C=O) groups excluding carboxylic acids is 1. The molecule has 4 nitrogen and oxygen atoms in total. The van der Waals surface area contributed by atoms with Crippen LogP contribution in [0.1, 0.15) is 12.5 Å². The number of rotatable bonds is 5. The van der Waals surface area contributed by atoms with Crippen molar-refractivity contribution in [2.45, 2.75) is 12.4 Å².